The van der Waals surface area contributed by atoms with E-state index in [1.807, 2.05) is 18.2 Å². The zero-order valence-electron chi connectivity index (χ0n) is 26.2. The van der Waals surface area contributed by atoms with Crippen molar-refractivity contribution in [1.82, 2.24) is 0 Å². The molecule has 1 aliphatic heterocycles. The van der Waals surface area contributed by atoms with Crippen molar-refractivity contribution >= 4 is 22.5 Å². The molecule has 1 aliphatic rings. The first-order valence-corrected chi connectivity index (χ1v) is 18.5. The first-order chi connectivity index (χ1) is 22.0. The molecule has 2 nitrogen and oxygen atoms in total. The molecule has 0 saturated carbocycles. The summed E-state index contributed by atoms with van der Waals surface area (Å²) in [5, 5.41) is 15.4. The number of rotatable bonds is 11. The van der Waals surface area contributed by atoms with E-state index in [9.17, 15) is 5.11 Å². The van der Waals surface area contributed by atoms with E-state index in [4.69, 9.17) is 4.74 Å². The van der Waals surface area contributed by atoms with Crippen molar-refractivity contribution in [3.05, 3.63) is 164 Å². The van der Waals surface area contributed by atoms with Crippen LogP contribution in [-0.4, -0.2) is 23.5 Å². The van der Waals surface area contributed by atoms with E-state index in [2.05, 4.69) is 135 Å². The molecule has 45 heavy (non-hydrogen) atoms. The predicted octanol–water partition coefficient (Wildman–Crippen LogP) is 8.83. The SMILES string of the molecule is C=CCc1ccc(O)c(-c2cc(CC=C)ccc2OCC2CC(C)P(c3ccccc3)(c3ccccc3)(c3ccccc3)C2)c1. The topological polar surface area (TPSA) is 29.5 Å². The molecule has 0 radical (unpaired) electrons. The zero-order chi connectivity index (χ0) is 31.3. The quantitative estimate of drug-likeness (QED) is 0.120. The van der Waals surface area contributed by atoms with Crippen LogP contribution in [0, 0.1) is 5.92 Å². The first-order valence-electron chi connectivity index (χ1n) is 16.0. The summed E-state index contributed by atoms with van der Waals surface area (Å²) in [4.78, 5) is 0. The molecule has 2 atom stereocenters. The maximum absolute atomic E-state index is 11.0. The molecule has 5 aromatic rings. The third kappa shape index (κ3) is 5.32. The fraction of sp³-hybridized carbons (Fsp3) is 0.190. The van der Waals surface area contributed by atoms with Crippen LogP contribution in [0.25, 0.3) is 11.1 Å². The Morgan fingerprint density at radius 1 is 0.689 bits per heavy atom. The summed E-state index contributed by atoms with van der Waals surface area (Å²) in [6.45, 7) is 8.02. The van der Waals surface area contributed by atoms with Crippen molar-refractivity contribution in [3.63, 3.8) is 0 Å². The predicted molar refractivity (Wildman–Crippen MR) is 194 cm³/mol. The summed E-state index contributed by atoms with van der Waals surface area (Å²) >= 11 is 0. The molecule has 6 rings (SSSR count). The second kappa shape index (κ2) is 12.9. The van der Waals surface area contributed by atoms with Crippen molar-refractivity contribution in [2.45, 2.75) is 31.8 Å². The van der Waals surface area contributed by atoms with E-state index in [1.54, 1.807) is 6.07 Å². The summed E-state index contributed by atoms with van der Waals surface area (Å²) in [7, 11) is 0. The Bertz CT molecular complexity index is 1680. The molecule has 1 N–H and O–H groups in total. The van der Waals surface area contributed by atoms with Crippen LogP contribution in [0.2, 0.25) is 0 Å². The van der Waals surface area contributed by atoms with E-state index in [-0.39, 0.29) is 5.75 Å². The molecule has 1 saturated heterocycles. The van der Waals surface area contributed by atoms with Gasteiger partial charge < -0.3 is 0 Å². The van der Waals surface area contributed by atoms with Gasteiger partial charge in [0, 0.05) is 0 Å². The van der Waals surface area contributed by atoms with Crippen molar-refractivity contribution in [3.8, 4) is 22.6 Å². The molecule has 0 spiro atoms. The van der Waals surface area contributed by atoms with Crippen LogP contribution in [-0.2, 0) is 12.8 Å². The van der Waals surface area contributed by atoms with Crippen molar-refractivity contribution < 1.29 is 9.84 Å². The van der Waals surface area contributed by atoms with Gasteiger partial charge in [0.05, 0.1) is 0 Å². The molecule has 0 amide bonds. The van der Waals surface area contributed by atoms with Crippen LogP contribution >= 0.6 is 6.60 Å². The van der Waals surface area contributed by atoms with Crippen LogP contribution in [0.15, 0.2) is 153 Å². The van der Waals surface area contributed by atoms with Crippen LogP contribution in [0.1, 0.15) is 24.5 Å². The molecule has 1 heterocycles. The summed E-state index contributed by atoms with van der Waals surface area (Å²) in [5.74, 6) is 1.40. The Hall–Kier alpha value is -4.39. The molecule has 1 fully saturated rings. The van der Waals surface area contributed by atoms with Gasteiger partial charge in [-0.2, -0.15) is 0 Å². The third-order valence-electron chi connectivity index (χ3n) is 9.95. The molecule has 0 bridgehead atoms. The van der Waals surface area contributed by atoms with Crippen LogP contribution in [0.4, 0.5) is 0 Å². The number of ether oxygens (including phenoxy) is 1. The van der Waals surface area contributed by atoms with Gasteiger partial charge >= 0.3 is 269 Å². The van der Waals surface area contributed by atoms with Gasteiger partial charge in [-0.05, 0) is 0 Å². The molecule has 0 aliphatic carbocycles. The third-order valence-corrected chi connectivity index (χ3v) is 17.8. The van der Waals surface area contributed by atoms with E-state index in [0.717, 1.165) is 53.4 Å². The minimum absolute atomic E-state index is 0.250. The normalized spacial score (nSPS) is 19.2. The molecule has 228 valence electrons. The summed E-state index contributed by atoms with van der Waals surface area (Å²) in [6, 6.07) is 45.9. The fourth-order valence-electron chi connectivity index (χ4n) is 7.97. The Kier molecular flexibility index (Phi) is 8.79. The molecule has 3 heteroatoms. The first kappa shape index (κ1) is 30.6. The fourth-order valence-corrected chi connectivity index (χ4v) is 16.0. The van der Waals surface area contributed by atoms with Crippen molar-refractivity contribution in [2.75, 3.05) is 12.8 Å². The molecule has 5 aromatic carbocycles. The second-order valence-electron chi connectivity index (χ2n) is 12.5. The minimum atomic E-state index is -2.91. The van der Waals surface area contributed by atoms with Gasteiger partial charge in [0.2, 0.25) is 0 Å². The van der Waals surface area contributed by atoms with Gasteiger partial charge in [-0.15, -0.1) is 0 Å². The van der Waals surface area contributed by atoms with Gasteiger partial charge in [0.15, 0.2) is 0 Å². The summed E-state index contributed by atoms with van der Waals surface area (Å²) in [6.07, 6.45) is 7.41. The number of allylic oxidation sites excluding steroid dienone is 2. The van der Waals surface area contributed by atoms with Gasteiger partial charge in [0.1, 0.15) is 0 Å². The van der Waals surface area contributed by atoms with Crippen molar-refractivity contribution in [2.24, 2.45) is 5.92 Å². The van der Waals surface area contributed by atoms with Crippen LogP contribution in [0.5, 0.6) is 11.5 Å². The number of hydrogen-bond donors (Lipinski definition) is 1. The van der Waals surface area contributed by atoms with Crippen molar-refractivity contribution in [1.29, 1.82) is 0 Å². The Morgan fingerprint density at radius 3 is 1.69 bits per heavy atom. The van der Waals surface area contributed by atoms with E-state index in [1.165, 1.54) is 15.9 Å². The standard InChI is InChI=1S/C42H43O2P/c1-4-15-33-23-25-41(43)39(28-33)40-29-34(16-5-2)24-26-42(40)44-30-35-27-32(3)45(31-35,36-17-9-6-10-18-36,37-19-11-7-12-20-37)38-21-13-8-14-22-38/h4-14,17-26,28-29,32,35,43H,1-2,15-16,27,30-31H2,3H3. The maximum atomic E-state index is 11.0. The molecule has 0 aromatic heterocycles. The number of hydrogen-bond acceptors (Lipinski definition) is 2. The molecule has 2 unspecified atom stereocenters. The second-order valence-corrected chi connectivity index (χ2v) is 18.1. The Morgan fingerprint density at radius 2 is 1.18 bits per heavy atom. The van der Waals surface area contributed by atoms with Gasteiger partial charge in [-0.3, -0.25) is 0 Å². The monoisotopic (exact) mass is 610 g/mol. The average molecular weight is 611 g/mol. The Labute approximate surface area is 268 Å². The number of benzene rings is 5. The van der Waals surface area contributed by atoms with Crippen LogP contribution in [0.3, 0.4) is 0 Å². The van der Waals surface area contributed by atoms with Crippen LogP contribution < -0.4 is 20.7 Å². The van der Waals surface area contributed by atoms with Gasteiger partial charge in [-0.1, -0.05) is 0 Å². The summed E-state index contributed by atoms with van der Waals surface area (Å²) < 4.78 is 6.82. The number of aromatic hydroxyl groups is 1. The average Bonchev–Trinajstić information content (AvgIpc) is 3.40. The number of phenols is 1. The van der Waals surface area contributed by atoms with Gasteiger partial charge in [-0.25, -0.2) is 0 Å². The van der Waals surface area contributed by atoms with E-state index < -0.39 is 6.60 Å². The molecular formula is C42H43O2P. The van der Waals surface area contributed by atoms with E-state index >= 15 is 0 Å². The van der Waals surface area contributed by atoms with Gasteiger partial charge in [0.25, 0.3) is 0 Å². The zero-order valence-corrected chi connectivity index (χ0v) is 27.1. The molecular weight excluding hydrogens is 567 g/mol. The Balaban J connectivity index is 1.43. The summed E-state index contributed by atoms with van der Waals surface area (Å²) in [5.41, 5.74) is 4.37. The number of phenolic OH excluding ortho intramolecular Hbond substituents is 1. The van der Waals surface area contributed by atoms with E-state index in [0.29, 0.717) is 18.2 Å².